The first-order valence-electron chi connectivity index (χ1n) is 9.02. The number of anilines is 1. The van der Waals surface area contributed by atoms with Gasteiger partial charge in [0, 0.05) is 11.3 Å². The first kappa shape index (κ1) is 18.1. The highest BCUT2D eigenvalue weighted by Crippen LogP contribution is 2.27. The minimum atomic E-state index is -0.162. The van der Waals surface area contributed by atoms with Crippen molar-refractivity contribution in [1.29, 1.82) is 0 Å². The summed E-state index contributed by atoms with van der Waals surface area (Å²) in [4.78, 5) is 14.6. The van der Waals surface area contributed by atoms with Crippen molar-refractivity contribution in [2.24, 2.45) is 0 Å². The molecule has 0 radical (unpaired) electrons. The number of hydrogen-bond acceptors (Lipinski definition) is 3. The van der Waals surface area contributed by atoms with Gasteiger partial charge in [0.1, 0.15) is 5.70 Å². The predicted molar refractivity (Wildman–Crippen MR) is 115 cm³/mol. The maximum Gasteiger partial charge on any atom is 0.281 e. The van der Waals surface area contributed by atoms with E-state index >= 15 is 0 Å². The lowest BCUT2D eigenvalue weighted by atomic mass is 10.1. The summed E-state index contributed by atoms with van der Waals surface area (Å²) in [5, 5.41) is 8.09. The van der Waals surface area contributed by atoms with Gasteiger partial charge in [-0.15, -0.1) is 0 Å². The average Bonchev–Trinajstić information content (AvgIpc) is 3.13. The van der Waals surface area contributed by atoms with Crippen LogP contribution in [0.2, 0.25) is 0 Å². The Morgan fingerprint density at radius 1 is 1.00 bits per heavy atom. The van der Waals surface area contributed by atoms with Crippen LogP contribution in [-0.4, -0.2) is 20.8 Å². The molecule has 0 aliphatic carbocycles. The van der Waals surface area contributed by atoms with E-state index in [1.165, 1.54) is 0 Å². The second kappa shape index (κ2) is 7.05. The number of aryl methyl sites for hydroxylation is 2. The largest absolute Gasteiger partial charge is 0.327 e. The third-order valence-corrected chi connectivity index (χ3v) is 5.16. The molecule has 0 atom stereocenters. The van der Waals surface area contributed by atoms with Crippen molar-refractivity contribution < 1.29 is 4.79 Å². The maximum absolute atomic E-state index is 13.1. The molecule has 6 heteroatoms. The van der Waals surface area contributed by atoms with Gasteiger partial charge in [-0.1, -0.05) is 36.4 Å². The number of thiocarbonyl (C=S) groups is 1. The van der Waals surface area contributed by atoms with Crippen molar-refractivity contribution in [3.05, 3.63) is 82.8 Å². The van der Waals surface area contributed by atoms with E-state index in [0.29, 0.717) is 10.8 Å². The number of rotatable bonds is 3. The zero-order chi connectivity index (χ0) is 19.8. The van der Waals surface area contributed by atoms with Crippen molar-refractivity contribution in [3.63, 3.8) is 0 Å². The van der Waals surface area contributed by atoms with E-state index in [1.807, 2.05) is 86.1 Å². The molecule has 1 aliphatic heterocycles. The van der Waals surface area contributed by atoms with Crippen LogP contribution >= 0.6 is 12.2 Å². The fourth-order valence-corrected chi connectivity index (χ4v) is 3.69. The summed E-state index contributed by atoms with van der Waals surface area (Å²) in [6.07, 6.45) is 1.84. The summed E-state index contributed by atoms with van der Waals surface area (Å²) in [7, 11) is 0. The molecule has 2 aromatic carbocycles. The number of amides is 1. The lowest BCUT2D eigenvalue weighted by molar-refractivity contribution is -0.113. The van der Waals surface area contributed by atoms with Gasteiger partial charge in [0.15, 0.2) is 5.11 Å². The number of para-hydroxylation sites is 2. The molecule has 0 bridgehead atoms. The number of nitrogens with one attached hydrogen (secondary N) is 1. The third kappa shape index (κ3) is 3.01. The molecular weight excluding hydrogens is 368 g/mol. The minimum Gasteiger partial charge on any atom is -0.327 e. The topological polar surface area (TPSA) is 50.2 Å². The molecule has 1 fully saturated rings. The van der Waals surface area contributed by atoms with Gasteiger partial charge in [0.2, 0.25) is 0 Å². The van der Waals surface area contributed by atoms with Gasteiger partial charge in [0.05, 0.1) is 17.1 Å². The Morgan fingerprint density at radius 3 is 2.39 bits per heavy atom. The Balaban J connectivity index is 1.73. The summed E-state index contributed by atoms with van der Waals surface area (Å²) in [6, 6.07) is 17.6. The third-order valence-electron chi connectivity index (χ3n) is 4.87. The summed E-state index contributed by atoms with van der Waals surface area (Å²) in [5.74, 6) is -0.162. The van der Waals surface area contributed by atoms with Gasteiger partial charge in [0.25, 0.3) is 5.91 Å². The van der Waals surface area contributed by atoms with Crippen molar-refractivity contribution in [1.82, 2.24) is 15.1 Å². The summed E-state index contributed by atoms with van der Waals surface area (Å²) in [5.41, 5.74) is 5.94. The molecule has 140 valence electrons. The predicted octanol–water partition coefficient (Wildman–Crippen LogP) is 4.06. The van der Waals surface area contributed by atoms with Gasteiger partial charge in [-0.05, 0) is 62.8 Å². The molecule has 0 spiro atoms. The number of nitrogens with zero attached hydrogens (tertiary/aromatic N) is 3. The highest BCUT2D eigenvalue weighted by atomic mass is 32.1. The highest BCUT2D eigenvalue weighted by Gasteiger charge is 2.33. The molecule has 2 heterocycles. The van der Waals surface area contributed by atoms with Gasteiger partial charge in [-0.3, -0.25) is 9.69 Å². The average molecular weight is 388 g/mol. The second-order valence-electron chi connectivity index (χ2n) is 6.75. The quantitative estimate of drug-likeness (QED) is 0.543. The fourth-order valence-electron chi connectivity index (χ4n) is 3.40. The Kier molecular flexibility index (Phi) is 4.57. The first-order chi connectivity index (χ1) is 13.5. The Morgan fingerprint density at radius 2 is 1.68 bits per heavy atom. The number of carbonyl (C=O) groups excluding carboxylic acids is 1. The number of hydrogen-bond donors (Lipinski definition) is 1. The molecule has 0 unspecified atom stereocenters. The van der Waals surface area contributed by atoms with E-state index < -0.39 is 0 Å². The van der Waals surface area contributed by atoms with Gasteiger partial charge in [-0.25, -0.2) is 4.68 Å². The summed E-state index contributed by atoms with van der Waals surface area (Å²) in [6.45, 7) is 5.90. The van der Waals surface area contributed by atoms with Crippen LogP contribution in [0, 0.1) is 20.8 Å². The van der Waals surface area contributed by atoms with Crippen LogP contribution in [0.4, 0.5) is 5.69 Å². The molecule has 1 aromatic heterocycles. The van der Waals surface area contributed by atoms with Crippen LogP contribution in [0.5, 0.6) is 0 Å². The minimum absolute atomic E-state index is 0.162. The smallest absolute Gasteiger partial charge is 0.281 e. The zero-order valence-electron chi connectivity index (χ0n) is 15.9. The second-order valence-corrected chi connectivity index (χ2v) is 7.13. The number of benzene rings is 2. The van der Waals surface area contributed by atoms with E-state index in [1.54, 1.807) is 4.90 Å². The van der Waals surface area contributed by atoms with Crippen LogP contribution in [0.15, 0.2) is 60.3 Å². The maximum atomic E-state index is 13.1. The van der Waals surface area contributed by atoms with E-state index in [-0.39, 0.29) is 5.91 Å². The summed E-state index contributed by atoms with van der Waals surface area (Å²) < 4.78 is 1.89. The van der Waals surface area contributed by atoms with E-state index in [9.17, 15) is 4.79 Å². The SMILES string of the molecule is Cc1ccccc1N1C(=O)/C(=C\c2c(C)nn(-c3ccccc3)c2C)NC1=S. The molecule has 0 saturated carbocycles. The Bertz CT molecular complexity index is 1110. The van der Waals surface area contributed by atoms with Crippen molar-refractivity contribution >= 4 is 35.0 Å². The monoisotopic (exact) mass is 388 g/mol. The Labute approximate surface area is 169 Å². The van der Waals surface area contributed by atoms with E-state index in [0.717, 1.165) is 33.9 Å². The van der Waals surface area contributed by atoms with E-state index in [4.69, 9.17) is 12.2 Å². The molecular formula is C22H20N4OS. The van der Waals surface area contributed by atoms with Crippen LogP contribution in [-0.2, 0) is 4.79 Å². The molecule has 1 amide bonds. The van der Waals surface area contributed by atoms with Crippen molar-refractivity contribution in [3.8, 4) is 5.69 Å². The van der Waals surface area contributed by atoms with Gasteiger partial charge >= 0.3 is 0 Å². The highest BCUT2D eigenvalue weighted by molar-refractivity contribution is 7.80. The standard InChI is InChI=1S/C22H20N4OS/c1-14-9-7-8-12-20(14)25-21(27)19(23-22(25)28)13-18-15(2)24-26(16(18)3)17-10-5-4-6-11-17/h4-13H,1-3H3,(H,23,28)/b19-13+. The van der Waals surface area contributed by atoms with Crippen molar-refractivity contribution in [2.75, 3.05) is 4.90 Å². The summed E-state index contributed by atoms with van der Waals surface area (Å²) >= 11 is 5.43. The van der Waals surface area contributed by atoms with Gasteiger partial charge in [-0.2, -0.15) is 5.10 Å². The van der Waals surface area contributed by atoms with Crippen LogP contribution in [0.3, 0.4) is 0 Å². The fraction of sp³-hybridized carbons (Fsp3) is 0.136. The normalized spacial score (nSPS) is 15.4. The van der Waals surface area contributed by atoms with Gasteiger partial charge < -0.3 is 5.32 Å². The van der Waals surface area contributed by atoms with Crippen molar-refractivity contribution in [2.45, 2.75) is 20.8 Å². The molecule has 3 aromatic rings. The molecule has 1 N–H and O–H groups in total. The zero-order valence-corrected chi connectivity index (χ0v) is 16.7. The molecule has 1 saturated heterocycles. The number of carbonyl (C=O) groups is 1. The molecule has 4 rings (SSSR count). The molecule has 5 nitrogen and oxygen atoms in total. The first-order valence-corrected chi connectivity index (χ1v) is 9.42. The van der Waals surface area contributed by atoms with E-state index in [2.05, 4.69) is 10.4 Å². The molecule has 28 heavy (non-hydrogen) atoms. The lowest BCUT2D eigenvalue weighted by Crippen LogP contribution is -2.30. The number of aromatic nitrogens is 2. The Hall–Kier alpha value is -3.25. The van der Waals surface area contributed by atoms with Crippen LogP contribution < -0.4 is 10.2 Å². The molecule has 1 aliphatic rings. The lowest BCUT2D eigenvalue weighted by Gasteiger charge is -2.16. The van der Waals surface area contributed by atoms with Crippen LogP contribution in [0.25, 0.3) is 11.8 Å². The van der Waals surface area contributed by atoms with Crippen LogP contribution in [0.1, 0.15) is 22.5 Å².